The number of hydrogen-bond donors (Lipinski definition) is 1. The highest BCUT2D eigenvalue weighted by atomic mass is 16.5. The van der Waals surface area contributed by atoms with E-state index in [-0.39, 0.29) is 5.91 Å². The SMILES string of the molecule is CC(C)CNC(=O)[C@H](C)Oc1nn(C)c2ccccc12. The molecule has 0 spiro atoms. The Balaban J connectivity index is 2.10. The summed E-state index contributed by atoms with van der Waals surface area (Å²) in [5.74, 6) is 0.797. The highest BCUT2D eigenvalue weighted by molar-refractivity contribution is 5.85. The Kier molecular flexibility index (Phi) is 4.27. The van der Waals surface area contributed by atoms with Crippen LogP contribution in [-0.2, 0) is 11.8 Å². The van der Waals surface area contributed by atoms with Crippen molar-refractivity contribution >= 4 is 16.8 Å². The molecule has 0 saturated carbocycles. The maximum atomic E-state index is 11.9. The molecule has 0 aliphatic heterocycles. The van der Waals surface area contributed by atoms with Gasteiger partial charge in [-0.25, -0.2) is 0 Å². The van der Waals surface area contributed by atoms with E-state index in [2.05, 4.69) is 24.3 Å². The summed E-state index contributed by atoms with van der Waals surface area (Å²) in [6.45, 7) is 6.49. The van der Waals surface area contributed by atoms with Gasteiger partial charge in [-0.1, -0.05) is 26.0 Å². The summed E-state index contributed by atoms with van der Waals surface area (Å²) in [6.07, 6.45) is -0.563. The maximum absolute atomic E-state index is 11.9. The van der Waals surface area contributed by atoms with E-state index in [1.165, 1.54) is 0 Å². The Bertz CT molecular complexity index is 604. The van der Waals surface area contributed by atoms with Crippen molar-refractivity contribution in [2.24, 2.45) is 13.0 Å². The van der Waals surface area contributed by atoms with Crippen molar-refractivity contribution in [2.75, 3.05) is 6.54 Å². The molecule has 0 aliphatic carbocycles. The molecule has 0 bridgehead atoms. The number of para-hydroxylation sites is 1. The number of amides is 1. The van der Waals surface area contributed by atoms with Crippen LogP contribution in [0.2, 0.25) is 0 Å². The lowest BCUT2D eigenvalue weighted by Crippen LogP contribution is -2.38. The predicted octanol–water partition coefficient (Wildman–Crippen LogP) is 2.11. The Hall–Kier alpha value is -2.04. The van der Waals surface area contributed by atoms with Crippen LogP contribution in [0.25, 0.3) is 10.9 Å². The van der Waals surface area contributed by atoms with Crippen molar-refractivity contribution in [2.45, 2.75) is 26.9 Å². The van der Waals surface area contributed by atoms with Crippen molar-refractivity contribution in [1.82, 2.24) is 15.1 Å². The van der Waals surface area contributed by atoms with Crippen LogP contribution >= 0.6 is 0 Å². The number of hydrogen-bond acceptors (Lipinski definition) is 3. The first kappa shape index (κ1) is 14.4. The summed E-state index contributed by atoms with van der Waals surface area (Å²) in [4.78, 5) is 11.9. The van der Waals surface area contributed by atoms with Gasteiger partial charge in [-0.2, -0.15) is 0 Å². The van der Waals surface area contributed by atoms with E-state index >= 15 is 0 Å². The van der Waals surface area contributed by atoms with Crippen LogP contribution in [0.3, 0.4) is 0 Å². The molecule has 20 heavy (non-hydrogen) atoms. The molecular formula is C15H21N3O2. The summed E-state index contributed by atoms with van der Waals surface area (Å²) in [6, 6.07) is 7.79. The minimum Gasteiger partial charge on any atom is -0.463 e. The van der Waals surface area contributed by atoms with Crippen LogP contribution < -0.4 is 10.1 Å². The largest absolute Gasteiger partial charge is 0.463 e. The monoisotopic (exact) mass is 275 g/mol. The number of carbonyl (C=O) groups excluding carboxylic acids is 1. The van der Waals surface area contributed by atoms with Gasteiger partial charge in [0.1, 0.15) is 0 Å². The first-order valence-corrected chi connectivity index (χ1v) is 6.85. The van der Waals surface area contributed by atoms with Crippen molar-refractivity contribution in [1.29, 1.82) is 0 Å². The second-order valence-electron chi connectivity index (χ2n) is 5.34. The molecule has 1 N–H and O–H groups in total. The van der Waals surface area contributed by atoms with Gasteiger partial charge in [0.15, 0.2) is 6.10 Å². The topological polar surface area (TPSA) is 56.1 Å². The van der Waals surface area contributed by atoms with Crippen molar-refractivity contribution in [3.63, 3.8) is 0 Å². The first-order chi connectivity index (χ1) is 9.49. The molecule has 0 radical (unpaired) electrons. The van der Waals surface area contributed by atoms with Crippen molar-refractivity contribution in [3.05, 3.63) is 24.3 Å². The average molecular weight is 275 g/mol. The van der Waals surface area contributed by atoms with Gasteiger partial charge in [0.25, 0.3) is 5.91 Å². The van der Waals surface area contributed by atoms with Crippen LogP contribution in [0, 0.1) is 5.92 Å². The lowest BCUT2D eigenvalue weighted by atomic mass is 10.2. The third-order valence-electron chi connectivity index (χ3n) is 3.07. The molecule has 1 amide bonds. The van der Waals surface area contributed by atoms with Gasteiger partial charge < -0.3 is 10.1 Å². The average Bonchev–Trinajstić information content (AvgIpc) is 2.73. The number of ether oxygens (including phenoxy) is 1. The zero-order valence-electron chi connectivity index (χ0n) is 12.4. The van der Waals surface area contributed by atoms with Crippen LogP contribution in [0.1, 0.15) is 20.8 Å². The van der Waals surface area contributed by atoms with Crippen LogP contribution in [0.4, 0.5) is 0 Å². The van der Waals surface area contributed by atoms with E-state index in [0.717, 1.165) is 10.9 Å². The fraction of sp³-hybridized carbons (Fsp3) is 0.467. The van der Waals surface area contributed by atoms with E-state index in [1.54, 1.807) is 11.6 Å². The Labute approximate surface area is 118 Å². The number of aromatic nitrogens is 2. The number of nitrogens with one attached hydrogen (secondary N) is 1. The summed E-state index contributed by atoms with van der Waals surface area (Å²) in [5, 5.41) is 8.10. The zero-order valence-corrected chi connectivity index (χ0v) is 12.4. The number of rotatable bonds is 5. The predicted molar refractivity (Wildman–Crippen MR) is 78.7 cm³/mol. The summed E-state index contributed by atoms with van der Waals surface area (Å²) in [7, 11) is 1.86. The minimum absolute atomic E-state index is 0.117. The zero-order chi connectivity index (χ0) is 14.7. The first-order valence-electron chi connectivity index (χ1n) is 6.85. The summed E-state index contributed by atoms with van der Waals surface area (Å²) in [5.41, 5.74) is 0.984. The molecule has 1 aromatic heterocycles. The molecule has 108 valence electrons. The molecule has 0 saturated heterocycles. The van der Waals surface area contributed by atoms with Gasteiger partial charge in [0, 0.05) is 13.6 Å². The third-order valence-corrected chi connectivity index (χ3v) is 3.07. The van der Waals surface area contributed by atoms with Gasteiger partial charge in [-0.3, -0.25) is 9.48 Å². The molecule has 0 unspecified atom stereocenters. The maximum Gasteiger partial charge on any atom is 0.260 e. The molecular weight excluding hydrogens is 254 g/mol. The van der Waals surface area contributed by atoms with Gasteiger partial charge in [-0.05, 0) is 25.0 Å². The molecule has 5 heteroatoms. The molecule has 2 aromatic rings. The Morgan fingerprint density at radius 2 is 2.05 bits per heavy atom. The number of fused-ring (bicyclic) bond motifs is 1. The van der Waals surface area contributed by atoms with Gasteiger partial charge in [-0.15, -0.1) is 5.10 Å². The number of nitrogens with zero attached hydrogens (tertiary/aromatic N) is 2. The summed E-state index contributed by atoms with van der Waals surface area (Å²) >= 11 is 0. The molecule has 5 nitrogen and oxygen atoms in total. The third kappa shape index (κ3) is 3.10. The lowest BCUT2D eigenvalue weighted by Gasteiger charge is -2.14. The van der Waals surface area contributed by atoms with E-state index in [4.69, 9.17) is 4.74 Å². The molecule has 2 rings (SSSR count). The Morgan fingerprint density at radius 1 is 1.35 bits per heavy atom. The smallest absolute Gasteiger partial charge is 0.260 e. The normalized spacial score (nSPS) is 12.7. The highest BCUT2D eigenvalue weighted by Crippen LogP contribution is 2.24. The molecule has 0 aliphatic rings. The number of carbonyl (C=O) groups is 1. The summed E-state index contributed by atoms with van der Waals surface area (Å²) < 4.78 is 7.45. The minimum atomic E-state index is -0.563. The molecule has 1 atom stereocenters. The molecule has 1 aromatic carbocycles. The lowest BCUT2D eigenvalue weighted by molar-refractivity contribution is -0.127. The Morgan fingerprint density at radius 3 is 2.75 bits per heavy atom. The van der Waals surface area contributed by atoms with Crippen LogP contribution in [0.5, 0.6) is 5.88 Å². The quantitative estimate of drug-likeness (QED) is 0.909. The fourth-order valence-electron chi connectivity index (χ4n) is 1.94. The van der Waals surface area contributed by atoms with E-state index in [9.17, 15) is 4.79 Å². The molecule has 0 fully saturated rings. The molecule has 1 heterocycles. The van der Waals surface area contributed by atoms with Crippen molar-refractivity contribution < 1.29 is 9.53 Å². The number of aryl methyl sites for hydroxylation is 1. The highest BCUT2D eigenvalue weighted by Gasteiger charge is 2.18. The van der Waals surface area contributed by atoms with E-state index in [0.29, 0.717) is 18.3 Å². The van der Waals surface area contributed by atoms with Gasteiger partial charge >= 0.3 is 0 Å². The number of benzene rings is 1. The second kappa shape index (κ2) is 5.94. The van der Waals surface area contributed by atoms with Gasteiger partial charge in [0.05, 0.1) is 10.9 Å². The van der Waals surface area contributed by atoms with E-state index in [1.807, 2.05) is 31.3 Å². The standard InChI is InChI=1S/C15H21N3O2/c1-10(2)9-16-14(19)11(3)20-15-12-7-5-6-8-13(12)18(4)17-15/h5-8,10-11H,9H2,1-4H3,(H,16,19)/t11-/m0/s1. The van der Waals surface area contributed by atoms with Crippen molar-refractivity contribution in [3.8, 4) is 5.88 Å². The van der Waals surface area contributed by atoms with Crippen LogP contribution in [-0.4, -0.2) is 28.3 Å². The fourth-order valence-corrected chi connectivity index (χ4v) is 1.94. The second-order valence-corrected chi connectivity index (χ2v) is 5.34. The van der Waals surface area contributed by atoms with Crippen LogP contribution in [0.15, 0.2) is 24.3 Å². The van der Waals surface area contributed by atoms with Gasteiger partial charge in [0.2, 0.25) is 5.88 Å². The van der Waals surface area contributed by atoms with E-state index < -0.39 is 6.10 Å².